The molecule has 0 radical (unpaired) electrons. The summed E-state index contributed by atoms with van der Waals surface area (Å²) in [6.45, 7) is 0. The SMILES string of the molecule is c1ccc(-c2cc(-c3nc(-c4ccccc4)nc(-c4ccccc4)n3)c3c(c2)oc2c(-n4c5ccccc5c5cc6c(cc54)sc4ccccc46)cccc23)cc1. The van der Waals surface area contributed by atoms with Gasteiger partial charge >= 0.3 is 0 Å². The molecular formula is C51H30N4OS. The molecule has 0 aliphatic heterocycles. The molecule has 12 rings (SSSR count). The Labute approximate surface area is 330 Å². The third-order valence-corrected chi connectivity index (χ3v) is 12.2. The van der Waals surface area contributed by atoms with Crippen molar-refractivity contribution in [3.8, 4) is 51.0 Å². The Hall–Kier alpha value is -7.41. The second-order valence-corrected chi connectivity index (χ2v) is 15.5. The monoisotopic (exact) mass is 746 g/mol. The number of aromatic nitrogens is 4. The minimum absolute atomic E-state index is 0.586. The molecule has 0 saturated carbocycles. The fraction of sp³-hybridized carbons (Fsp3) is 0. The lowest BCUT2D eigenvalue weighted by Crippen LogP contribution is -2.00. The minimum Gasteiger partial charge on any atom is -0.454 e. The van der Waals surface area contributed by atoms with Crippen molar-refractivity contribution in [2.24, 2.45) is 0 Å². The Morgan fingerprint density at radius 1 is 0.404 bits per heavy atom. The highest BCUT2D eigenvalue weighted by atomic mass is 32.1. The number of thiophene rings is 1. The molecule has 12 aromatic rings. The molecule has 0 bridgehead atoms. The molecule has 4 aromatic heterocycles. The van der Waals surface area contributed by atoms with E-state index < -0.39 is 0 Å². The summed E-state index contributed by atoms with van der Waals surface area (Å²) in [7, 11) is 0. The van der Waals surface area contributed by atoms with Crippen LogP contribution in [0.5, 0.6) is 0 Å². The molecule has 0 amide bonds. The lowest BCUT2D eigenvalue weighted by atomic mass is 9.98. The standard InChI is InChI=1S/C51H30N4OS/c1-4-15-31(16-5-1)34-27-40(51-53-49(32-17-6-2-7-18-32)52-50(54-51)33-19-8-3-9-20-33)47-37-23-14-25-42(48(37)56-44(47)28-34)55-41-24-12-10-21-35(41)38-29-39-36-22-11-13-26-45(36)57-46(39)30-43(38)55/h1-30H. The van der Waals surface area contributed by atoms with Crippen LogP contribution >= 0.6 is 11.3 Å². The van der Waals surface area contributed by atoms with Gasteiger partial charge in [0.15, 0.2) is 23.1 Å². The van der Waals surface area contributed by atoms with Crippen molar-refractivity contribution in [3.05, 3.63) is 182 Å². The molecule has 0 fully saturated rings. The van der Waals surface area contributed by atoms with Gasteiger partial charge in [-0.05, 0) is 53.6 Å². The van der Waals surface area contributed by atoms with Crippen molar-refractivity contribution in [2.75, 3.05) is 0 Å². The first-order valence-electron chi connectivity index (χ1n) is 19.0. The van der Waals surface area contributed by atoms with Crippen molar-refractivity contribution >= 4 is 75.3 Å². The Bertz CT molecular complexity index is 3460. The number of hydrogen-bond donors (Lipinski definition) is 0. The first-order valence-corrected chi connectivity index (χ1v) is 19.8. The summed E-state index contributed by atoms with van der Waals surface area (Å²) in [6, 6.07) is 63.6. The average molecular weight is 747 g/mol. The molecule has 0 aliphatic carbocycles. The van der Waals surface area contributed by atoms with E-state index in [1.807, 2.05) is 78.1 Å². The summed E-state index contributed by atoms with van der Waals surface area (Å²) in [5, 5.41) is 6.96. The number of para-hydroxylation sites is 2. The molecule has 0 aliphatic rings. The Morgan fingerprint density at radius 3 is 1.75 bits per heavy atom. The van der Waals surface area contributed by atoms with Crippen LogP contribution in [0.15, 0.2) is 186 Å². The number of furan rings is 1. The molecule has 4 heterocycles. The second kappa shape index (κ2) is 12.6. The number of nitrogens with zero attached hydrogens (tertiary/aromatic N) is 4. The van der Waals surface area contributed by atoms with Crippen LogP contribution in [0, 0.1) is 0 Å². The van der Waals surface area contributed by atoms with Crippen LogP contribution in [0.3, 0.4) is 0 Å². The molecule has 0 atom stereocenters. The van der Waals surface area contributed by atoms with Crippen LogP contribution in [-0.2, 0) is 0 Å². The van der Waals surface area contributed by atoms with E-state index >= 15 is 0 Å². The largest absolute Gasteiger partial charge is 0.454 e. The zero-order valence-electron chi connectivity index (χ0n) is 30.4. The van der Waals surface area contributed by atoms with Crippen molar-refractivity contribution in [3.63, 3.8) is 0 Å². The van der Waals surface area contributed by atoms with E-state index in [9.17, 15) is 0 Å². The van der Waals surface area contributed by atoms with E-state index in [-0.39, 0.29) is 0 Å². The number of hydrogen-bond acceptors (Lipinski definition) is 5. The summed E-state index contributed by atoms with van der Waals surface area (Å²) < 4.78 is 12.0. The van der Waals surface area contributed by atoms with Crippen LogP contribution in [-0.4, -0.2) is 19.5 Å². The molecule has 8 aromatic carbocycles. The van der Waals surface area contributed by atoms with Crippen LogP contribution < -0.4 is 0 Å². The topological polar surface area (TPSA) is 56.7 Å². The summed E-state index contributed by atoms with van der Waals surface area (Å²) in [4.78, 5) is 15.4. The highest BCUT2D eigenvalue weighted by Crippen LogP contribution is 2.45. The van der Waals surface area contributed by atoms with Gasteiger partial charge in [-0.3, -0.25) is 0 Å². The number of benzene rings is 8. The van der Waals surface area contributed by atoms with Gasteiger partial charge < -0.3 is 8.98 Å². The molecular weight excluding hydrogens is 717 g/mol. The van der Waals surface area contributed by atoms with Gasteiger partial charge in [-0.2, -0.15) is 0 Å². The molecule has 6 heteroatoms. The first-order chi connectivity index (χ1) is 28.2. The van der Waals surface area contributed by atoms with Gasteiger partial charge in [-0.15, -0.1) is 11.3 Å². The summed E-state index contributed by atoms with van der Waals surface area (Å²) in [5.74, 6) is 1.82. The van der Waals surface area contributed by atoms with E-state index in [0.717, 1.165) is 66.5 Å². The van der Waals surface area contributed by atoms with Crippen molar-refractivity contribution in [1.82, 2.24) is 19.5 Å². The van der Waals surface area contributed by atoms with Gasteiger partial charge in [-0.25, -0.2) is 15.0 Å². The smallest absolute Gasteiger partial charge is 0.164 e. The average Bonchev–Trinajstić information content (AvgIpc) is 3.95. The van der Waals surface area contributed by atoms with Crippen LogP contribution in [0.4, 0.5) is 0 Å². The van der Waals surface area contributed by atoms with Crippen molar-refractivity contribution in [2.45, 2.75) is 0 Å². The highest BCUT2D eigenvalue weighted by Gasteiger charge is 2.23. The van der Waals surface area contributed by atoms with Crippen molar-refractivity contribution in [1.29, 1.82) is 0 Å². The van der Waals surface area contributed by atoms with Gasteiger partial charge in [0, 0.05) is 58.4 Å². The maximum atomic E-state index is 7.11. The fourth-order valence-corrected chi connectivity index (χ4v) is 9.56. The number of fused-ring (bicyclic) bond motifs is 9. The van der Waals surface area contributed by atoms with Gasteiger partial charge in [0.2, 0.25) is 0 Å². The zero-order valence-corrected chi connectivity index (χ0v) is 31.2. The van der Waals surface area contributed by atoms with Gasteiger partial charge in [0.25, 0.3) is 0 Å². The summed E-state index contributed by atoms with van der Waals surface area (Å²) in [5.41, 5.74) is 9.65. The molecule has 266 valence electrons. The molecule has 57 heavy (non-hydrogen) atoms. The molecule has 0 spiro atoms. The minimum atomic E-state index is 0.586. The predicted molar refractivity (Wildman–Crippen MR) is 236 cm³/mol. The van der Waals surface area contributed by atoms with Crippen LogP contribution in [0.25, 0.3) is 115 Å². The predicted octanol–water partition coefficient (Wildman–Crippen LogP) is 13.9. The third kappa shape index (κ3) is 5.04. The Balaban J connectivity index is 1.17. The molecule has 5 nitrogen and oxygen atoms in total. The lowest BCUT2D eigenvalue weighted by Gasteiger charge is -2.11. The van der Waals surface area contributed by atoms with Gasteiger partial charge in [0.05, 0.1) is 16.7 Å². The quantitative estimate of drug-likeness (QED) is 0.176. The molecule has 0 unspecified atom stereocenters. The number of rotatable bonds is 5. The highest BCUT2D eigenvalue weighted by molar-refractivity contribution is 7.25. The summed E-state index contributed by atoms with van der Waals surface area (Å²) >= 11 is 1.84. The molecule has 0 saturated heterocycles. The van der Waals surface area contributed by atoms with E-state index in [4.69, 9.17) is 19.4 Å². The van der Waals surface area contributed by atoms with E-state index in [0.29, 0.717) is 17.5 Å². The summed E-state index contributed by atoms with van der Waals surface area (Å²) in [6.07, 6.45) is 0. The third-order valence-electron chi connectivity index (χ3n) is 11.0. The van der Waals surface area contributed by atoms with Gasteiger partial charge in [0.1, 0.15) is 5.58 Å². The van der Waals surface area contributed by atoms with Crippen LogP contribution in [0.1, 0.15) is 0 Å². The Kier molecular flexibility index (Phi) is 7.03. The normalized spacial score (nSPS) is 11.9. The zero-order chi connectivity index (χ0) is 37.5. The van der Waals surface area contributed by atoms with E-state index in [2.05, 4.69) is 120 Å². The maximum Gasteiger partial charge on any atom is 0.164 e. The fourth-order valence-electron chi connectivity index (χ4n) is 8.44. The van der Waals surface area contributed by atoms with Crippen LogP contribution in [0.2, 0.25) is 0 Å². The molecule has 0 N–H and O–H groups in total. The first kappa shape index (κ1) is 31.9. The maximum absolute atomic E-state index is 7.11. The van der Waals surface area contributed by atoms with E-state index in [1.165, 1.54) is 30.9 Å². The Morgan fingerprint density at radius 2 is 1.02 bits per heavy atom. The second-order valence-electron chi connectivity index (χ2n) is 14.4. The van der Waals surface area contributed by atoms with Crippen molar-refractivity contribution < 1.29 is 4.42 Å². The van der Waals surface area contributed by atoms with Gasteiger partial charge in [-0.1, -0.05) is 140 Å². The van der Waals surface area contributed by atoms with E-state index in [1.54, 1.807) is 0 Å². The lowest BCUT2D eigenvalue weighted by molar-refractivity contribution is 0.666.